The smallest absolute Gasteiger partial charge is 0.262 e. The van der Waals surface area contributed by atoms with Crippen LogP contribution in [0.25, 0.3) is 0 Å². The van der Waals surface area contributed by atoms with E-state index in [1.807, 2.05) is 31.2 Å². The zero-order valence-electron chi connectivity index (χ0n) is 12.6. The fourth-order valence-corrected chi connectivity index (χ4v) is 2.84. The number of rotatable bonds is 4. The second-order valence-electron chi connectivity index (χ2n) is 5.20. The van der Waals surface area contributed by atoms with Crippen molar-refractivity contribution in [2.45, 2.75) is 11.8 Å². The van der Waals surface area contributed by atoms with Crippen molar-refractivity contribution >= 4 is 35.0 Å². The molecule has 1 heterocycles. The Morgan fingerprint density at radius 2 is 2.04 bits per heavy atom. The molecule has 0 radical (unpaired) electrons. The van der Waals surface area contributed by atoms with Crippen molar-refractivity contribution in [2.24, 2.45) is 0 Å². The van der Waals surface area contributed by atoms with E-state index in [9.17, 15) is 9.59 Å². The van der Waals surface area contributed by atoms with Crippen LogP contribution in [0.5, 0.6) is 5.75 Å². The van der Waals surface area contributed by atoms with E-state index in [0.29, 0.717) is 22.9 Å². The molecular weight excluding hydrogens is 312 g/mol. The van der Waals surface area contributed by atoms with Gasteiger partial charge in [0.25, 0.3) is 5.91 Å². The Kier molecular flexibility index (Phi) is 4.52. The van der Waals surface area contributed by atoms with Crippen molar-refractivity contribution in [3.8, 4) is 5.75 Å². The Hall–Kier alpha value is -2.47. The molecule has 3 rings (SSSR count). The number of hydrogen-bond acceptors (Lipinski definition) is 4. The molecular formula is C17H16N2O3S. The first-order valence-electron chi connectivity index (χ1n) is 7.16. The Morgan fingerprint density at radius 1 is 1.26 bits per heavy atom. The average molecular weight is 328 g/mol. The molecule has 23 heavy (non-hydrogen) atoms. The van der Waals surface area contributed by atoms with Gasteiger partial charge < -0.3 is 15.4 Å². The highest BCUT2D eigenvalue weighted by atomic mass is 32.2. The third-order valence-electron chi connectivity index (χ3n) is 3.29. The van der Waals surface area contributed by atoms with Crippen molar-refractivity contribution in [3.05, 3.63) is 48.0 Å². The zero-order valence-corrected chi connectivity index (χ0v) is 13.4. The molecule has 5 nitrogen and oxygen atoms in total. The lowest BCUT2D eigenvalue weighted by Crippen LogP contribution is -2.25. The van der Waals surface area contributed by atoms with Gasteiger partial charge in [-0.05, 0) is 37.3 Å². The summed E-state index contributed by atoms with van der Waals surface area (Å²) in [6.07, 6.45) is 0. The molecule has 0 spiro atoms. The first-order chi connectivity index (χ1) is 11.1. The van der Waals surface area contributed by atoms with Crippen LogP contribution in [0.15, 0.2) is 47.4 Å². The molecule has 0 fully saturated rings. The van der Waals surface area contributed by atoms with Gasteiger partial charge in [-0.1, -0.05) is 17.7 Å². The van der Waals surface area contributed by atoms with Crippen LogP contribution in [0.2, 0.25) is 0 Å². The minimum absolute atomic E-state index is 0.0197. The Balaban J connectivity index is 1.58. The van der Waals surface area contributed by atoms with E-state index in [1.54, 1.807) is 18.2 Å². The Labute approximate surface area is 138 Å². The number of fused-ring (bicyclic) bond motifs is 1. The quantitative estimate of drug-likeness (QED) is 0.847. The second-order valence-corrected chi connectivity index (χ2v) is 6.25. The lowest BCUT2D eigenvalue weighted by molar-refractivity contribution is -0.118. The van der Waals surface area contributed by atoms with Gasteiger partial charge in [0, 0.05) is 10.6 Å². The summed E-state index contributed by atoms with van der Waals surface area (Å²) in [4.78, 5) is 24.4. The number of amides is 2. The summed E-state index contributed by atoms with van der Waals surface area (Å²) in [5.41, 5.74) is 2.39. The van der Waals surface area contributed by atoms with Gasteiger partial charge in [0.15, 0.2) is 6.61 Å². The first-order valence-corrected chi connectivity index (χ1v) is 8.15. The van der Waals surface area contributed by atoms with Gasteiger partial charge in [0.2, 0.25) is 5.91 Å². The standard InChI is InChI=1S/C17H16N2O3S/c1-11-2-5-13(6-3-11)23-10-17(21)18-12-4-7-15-14(8-12)19-16(20)9-22-15/h2-8H,9-10H2,1H3,(H,18,21)(H,19,20). The predicted octanol–water partition coefficient (Wildman–Crippen LogP) is 3.06. The third kappa shape index (κ3) is 4.04. The Bertz CT molecular complexity index is 744. The topological polar surface area (TPSA) is 67.4 Å². The molecule has 2 aromatic carbocycles. The molecule has 1 aliphatic heterocycles. The molecule has 0 saturated heterocycles. The predicted molar refractivity (Wildman–Crippen MR) is 91.1 cm³/mol. The molecule has 1 aliphatic rings. The molecule has 0 unspecified atom stereocenters. The van der Waals surface area contributed by atoms with Crippen LogP contribution in [0, 0.1) is 6.92 Å². The highest BCUT2D eigenvalue weighted by Gasteiger charge is 2.16. The Morgan fingerprint density at radius 3 is 2.83 bits per heavy atom. The van der Waals surface area contributed by atoms with Crippen molar-refractivity contribution in [3.63, 3.8) is 0 Å². The number of benzene rings is 2. The van der Waals surface area contributed by atoms with Crippen molar-refractivity contribution in [2.75, 3.05) is 23.0 Å². The highest BCUT2D eigenvalue weighted by Crippen LogP contribution is 2.30. The van der Waals surface area contributed by atoms with Crippen LogP contribution in [-0.4, -0.2) is 24.2 Å². The molecule has 0 aromatic heterocycles. The molecule has 0 aliphatic carbocycles. The maximum absolute atomic E-state index is 12.0. The number of carbonyl (C=O) groups is 2. The molecule has 2 aromatic rings. The van der Waals surface area contributed by atoms with Gasteiger partial charge in [0.1, 0.15) is 5.75 Å². The van der Waals surface area contributed by atoms with Crippen molar-refractivity contribution in [1.29, 1.82) is 0 Å². The van der Waals surface area contributed by atoms with E-state index in [1.165, 1.54) is 17.3 Å². The van der Waals surface area contributed by atoms with E-state index in [0.717, 1.165) is 4.90 Å². The minimum Gasteiger partial charge on any atom is -0.482 e. The van der Waals surface area contributed by atoms with Crippen LogP contribution >= 0.6 is 11.8 Å². The van der Waals surface area contributed by atoms with Crippen LogP contribution in [0.3, 0.4) is 0 Å². The summed E-state index contributed by atoms with van der Waals surface area (Å²) < 4.78 is 5.28. The number of nitrogens with one attached hydrogen (secondary N) is 2. The second kappa shape index (κ2) is 6.75. The van der Waals surface area contributed by atoms with E-state index in [-0.39, 0.29) is 18.4 Å². The van der Waals surface area contributed by atoms with E-state index < -0.39 is 0 Å². The monoisotopic (exact) mass is 328 g/mol. The SMILES string of the molecule is Cc1ccc(SCC(=O)Nc2ccc3c(c2)NC(=O)CO3)cc1. The maximum Gasteiger partial charge on any atom is 0.262 e. The van der Waals surface area contributed by atoms with Gasteiger partial charge in [-0.3, -0.25) is 9.59 Å². The van der Waals surface area contributed by atoms with Gasteiger partial charge in [0.05, 0.1) is 11.4 Å². The van der Waals surface area contributed by atoms with E-state index in [4.69, 9.17) is 4.74 Å². The van der Waals surface area contributed by atoms with Crippen LogP contribution in [0.1, 0.15) is 5.56 Å². The summed E-state index contributed by atoms with van der Waals surface area (Å²) in [5, 5.41) is 5.54. The van der Waals surface area contributed by atoms with Crippen LogP contribution < -0.4 is 15.4 Å². The number of hydrogen-bond donors (Lipinski definition) is 2. The van der Waals surface area contributed by atoms with Crippen molar-refractivity contribution in [1.82, 2.24) is 0 Å². The zero-order chi connectivity index (χ0) is 16.2. The number of aryl methyl sites for hydroxylation is 1. The van der Waals surface area contributed by atoms with Gasteiger partial charge >= 0.3 is 0 Å². The maximum atomic E-state index is 12.0. The van der Waals surface area contributed by atoms with Crippen LogP contribution in [0.4, 0.5) is 11.4 Å². The summed E-state index contributed by atoms with van der Waals surface area (Å²) in [6.45, 7) is 2.05. The number of carbonyl (C=O) groups excluding carboxylic acids is 2. The minimum atomic E-state index is -0.198. The molecule has 118 valence electrons. The first kappa shape index (κ1) is 15.4. The number of anilines is 2. The van der Waals surface area contributed by atoms with Gasteiger partial charge in [-0.15, -0.1) is 11.8 Å². The summed E-state index contributed by atoms with van der Waals surface area (Å²) in [7, 11) is 0. The summed E-state index contributed by atoms with van der Waals surface area (Å²) >= 11 is 1.48. The van der Waals surface area contributed by atoms with Crippen LogP contribution in [-0.2, 0) is 9.59 Å². The summed E-state index contributed by atoms with van der Waals surface area (Å²) in [5.74, 6) is 0.634. The molecule has 0 saturated carbocycles. The molecule has 0 bridgehead atoms. The molecule has 6 heteroatoms. The average Bonchev–Trinajstić information content (AvgIpc) is 2.54. The van der Waals surface area contributed by atoms with Gasteiger partial charge in [-0.25, -0.2) is 0 Å². The largest absolute Gasteiger partial charge is 0.482 e. The van der Waals surface area contributed by atoms with E-state index in [2.05, 4.69) is 10.6 Å². The fraction of sp³-hybridized carbons (Fsp3) is 0.176. The molecule has 2 amide bonds. The number of thioether (sulfide) groups is 1. The lowest BCUT2D eigenvalue weighted by Gasteiger charge is -2.18. The normalized spacial score (nSPS) is 12.8. The lowest BCUT2D eigenvalue weighted by atomic mass is 10.2. The summed E-state index contributed by atoms with van der Waals surface area (Å²) in [6, 6.07) is 13.2. The van der Waals surface area contributed by atoms with Crippen molar-refractivity contribution < 1.29 is 14.3 Å². The highest BCUT2D eigenvalue weighted by molar-refractivity contribution is 8.00. The van der Waals surface area contributed by atoms with E-state index >= 15 is 0 Å². The number of ether oxygens (including phenoxy) is 1. The van der Waals surface area contributed by atoms with Gasteiger partial charge in [-0.2, -0.15) is 0 Å². The fourth-order valence-electron chi connectivity index (χ4n) is 2.14. The third-order valence-corrected chi connectivity index (χ3v) is 4.30. The molecule has 2 N–H and O–H groups in total. The molecule has 0 atom stereocenters.